The third kappa shape index (κ3) is 7.87. The largest absolute Gasteiger partial charge is 0.378 e. The van der Waals surface area contributed by atoms with Crippen LogP contribution in [0.5, 0.6) is 0 Å². The second kappa shape index (κ2) is 17.6. The maximum atomic E-state index is 4.18. The first kappa shape index (κ1) is 39.3. The van der Waals surface area contributed by atoms with Gasteiger partial charge in [-0.15, -0.1) is 0 Å². The Hall–Kier alpha value is -5.60. The van der Waals surface area contributed by atoms with Crippen molar-refractivity contribution < 1.29 is 0 Å². The van der Waals surface area contributed by atoms with E-state index in [9.17, 15) is 0 Å². The molecular formula is C60H62N2. The monoisotopic (exact) mass is 810 g/mol. The lowest BCUT2D eigenvalue weighted by Crippen LogP contribution is -2.36. The van der Waals surface area contributed by atoms with E-state index in [4.69, 9.17) is 0 Å². The molecule has 0 fully saturated rings. The molecule has 8 aliphatic carbocycles. The third-order valence-electron chi connectivity index (χ3n) is 14.9. The minimum Gasteiger partial charge on any atom is -0.378 e. The Bertz CT molecular complexity index is 2560. The highest BCUT2D eigenvalue weighted by atomic mass is 15.2. The van der Waals surface area contributed by atoms with E-state index in [0.717, 1.165) is 51.4 Å². The second-order valence-electron chi connectivity index (χ2n) is 18.9. The molecule has 62 heavy (non-hydrogen) atoms. The van der Waals surface area contributed by atoms with E-state index in [1.807, 2.05) is 0 Å². The Balaban J connectivity index is 0.971. The van der Waals surface area contributed by atoms with Crippen molar-refractivity contribution in [1.29, 1.82) is 0 Å². The lowest BCUT2D eigenvalue weighted by molar-refractivity contribution is 0.344. The zero-order chi connectivity index (χ0) is 41.2. The minimum absolute atomic E-state index is 0.229. The summed E-state index contributed by atoms with van der Waals surface area (Å²) in [5, 5.41) is 4.18. The third-order valence-corrected chi connectivity index (χ3v) is 14.9. The van der Waals surface area contributed by atoms with Crippen molar-refractivity contribution >= 4 is 22.4 Å². The van der Waals surface area contributed by atoms with E-state index in [1.54, 1.807) is 16.8 Å². The number of rotatable bonds is 9. The van der Waals surface area contributed by atoms with Gasteiger partial charge in [0, 0.05) is 40.5 Å². The predicted octanol–water partition coefficient (Wildman–Crippen LogP) is 15.6. The fourth-order valence-corrected chi connectivity index (χ4v) is 11.9. The molecule has 0 amide bonds. The van der Waals surface area contributed by atoms with E-state index in [-0.39, 0.29) is 12.1 Å². The number of hydrogen-bond acceptors (Lipinski definition) is 2. The van der Waals surface area contributed by atoms with Gasteiger partial charge in [0.25, 0.3) is 0 Å². The molecule has 11 rings (SSSR count). The molecule has 312 valence electrons. The predicted molar refractivity (Wildman–Crippen MR) is 263 cm³/mol. The van der Waals surface area contributed by atoms with Gasteiger partial charge < -0.3 is 10.2 Å². The maximum absolute atomic E-state index is 4.18. The molecule has 2 aromatic carbocycles. The van der Waals surface area contributed by atoms with Crippen LogP contribution in [0.3, 0.4) is 0 Å². The second-order valence-corrected chi connectivity index (χ2v) is 18.9. The van der Waals surface area contributed by atoms with Crippen molar-refractivity contribution in [2.75, 3.05) is 5.32 Å². The van der Waals surface area contributed by atoms with Gasteiger partial charge in [0.15, 0.2) is 0 Å². The van der Waals surface area contributed by atoms with Gasteiger partial charge >= 0.3 is 0 Å². The highest BCUT2D eigenvalue weighted by Crippen LogP contribution is 2.53. The standard InChI is InChI=1S/C60H62N2/c1-6-19-42(20-7-1)48-35-49(43-21-8-2-9-22-43)38-52(37-48)61-58-34-33-47(41-57(58)46-27-14-5-15-28-46)54-30-18-31-56-55-29-16-17-32-59(55)62(60(54)56)53-39-50(44-23-10-3-11-24-44)36-51(40-53)45-25-12-4-13-26-45/h1,3,6,10-12,14,18-19,21,23-28,30-31,33-37,39,41,51-52,56,60-61H,2,4-5,7-9,13,15-17,20,22,29,32,38,40H2. The van der Waals surface area contributed by atoms with Crippen molar-refractivity contribution in [3.05, 3.63) is 213 Å². The molecule has 0 spiro atoms. The van der Waals surface area contributed by atoms with Gasteiger partial charge in [0.05, 0.1) is 6.04 Å². The zero-order valence-corrected chi connectivity index (χ0v) is 36.5. The summed E-state index contributed by atoms with van der Waals surface area (Å²) in [5.74, 6) is 0.764. The molecule has 0 saturated carbocycles. The average molecular weight is 811 g/mol. The highest BCUT2D eigenvalue weighted by molar-refractivity contribution is 5.87. The summed E-state index contributed by atoms with van der Waals surface area (Å²) in [6, 6.07) is 19.0. The highest BCUT2D eigenvalue weighted by Gasteiger charge is 2.45. The maximum Gasteiger partial charge on any atom is 0.0691 e. The fraction of sp³-hybridized carbons (Fsp3) is 0.333. The van der Waals surface area contributed by atoms with Crippen LogP contribution in [-0.4, -0.2) is 17.0 Å². The number of fused-ring (bicyclic) bond motifs is 2. The average Bonchev–Trinajstić information content (AvgIpc) is 3.70. The number of allylic oxidation sites excluding steroid dienone is 23. The lowest BCUT2D eigenvalue weighted by atomic mass is 9.79. The minimum atomic E-state index is 0.229. The van der Waals surface area contributed by atoms with Gasteiger partial charge in [-0.05, 0) is 182 Å². The van der Waals surface area contributed by atoms with Crippen LogP contribution in [0.25, 0.3) is 16.7 Å². The van der Waals surface area contributed by atoms with Crippen LogP contribution < -0.4 is 5.32 Å². The molecular weight excluding hydrogens is 749 g/mol. The molecule has 9 aliphatic rings. The van der Waals surface area contributed by atoms with Gasteiger partial charge in [-0.2, -0.15) is 0 Å². The molecule has 2 aromatic rings. The summed E-state index contributed by atoms with van der Waals surface area (Å²) in [5.41, 5.74) is 21.7. The Labute approximate surface area is 371 Å². The summed E-state index contributed by atoms with van der Waals surface area (Å²) in [7, 11) is 0. The summed E-state index contributed by atoms with van der Waals surface area (Å²) >= 11 is 0. The molecule has 0 radical (unpaired) electrons. The summed E-state index contributed by atoms with van der Waals surface area (Å²) < 4.78 is 0. The smallest absolute Gasteiger partial charge is 0.0691 e. The van der Waals surface area contributed by atoms with Crippen molar-refractivity contribution in [3.8, 4) is 0 Å². The Morgan fingerprint density at radius 2 is 1.48 bits per heavy atom. The normalized spacial score (nSPS) is 26.8. The van der Waals surface area contributed by atoms with Crippen LogP contribution >= 0.6 is 0 Å². The molecule has 4 atom stereocenters. The van der Waals surface area contributed by atoms with Gasteiger partial charge in [-0.25, -0.2) is 0 Å². The van der Waals surface area contributed by atoms with Crippen LogP contribution in [-0.2, 0) is 0 Å². The van der Waals surface area contributed by atoms with Gasteiger partial charge in [-0.3, -0.25) is 0 Å². The Morgan fingerprint density at radius 3 is 2.31 bits per heavy atom. The van der Waals surface area contributed by atoms with E-state index >= 15 is 0 Å². The van der Waals surface area contributed by atoms with Crippen LogP contribution in [0.2, 0.25) is 0 Å². The van der Waals surface area contributed by atoms with E-state index in [1.165, 1.54) is 118 Å². The molecule has 0 saturated heterocycles. The first-order chi connectivity index (χ1) is 30.7. The van der Waals surface area contributed by atoms with Crippen molar-refractivity contribution in [2.24, 2.45) is 11.8 Å². The molecule has 1 aliphatic heterocycles. The van der Waals surface area contributed by atoms with Crippen LogP contribution in [0.1, 0.15) is 119 Å². The van der Waals surface area contributed by atoms with Gasteiger partial charge in [-0.1, -0.05) is 134 Å². The number of benzene rings is 2. The van der Waals surface area contributed by atoms with E-state index in [2.05, 4.69) is 162 Å². The molecule has 1 heterocycles. The van der Waals surface area contributed by atoms with E-state index in [0.29, 0.717) is 11.8 Å². The van der Waals surface area contributed by atoms with Crippen molar-refractivity contribution in [1.82, 2.24) is 4.90 Å². The first-order valence-corrected chi connectivity index (χ1v) is 24.2. The topological polar surface area (TPSA) is 15.3 Å². The number of anilines is 1. The number of nitrogens with one attached hydrogen (secondary N) is 1. The molecule has 2 heteroatoms. The summed E-state index contributed by atoms with van der Waals surface area (Å²) in [6.45, 7) is 0. The zero-order valence-electron chi connectivity index (χ0n) is 36.5. The Morgan fingerprint density at radius 1 is 0.597 bits per heavy atom. The van der Waals surface area contributed by atoms with Crippen molar-refractivity contribution in [3.63, 3.8) is 0 Å². The van der Waals surface area contributed by atoms with Crippen LogP contribution in [0.4, 0.5) is 5.69 Å². The molecule has 4 unspecified atom stereocenters. The molecule has 0 aromatic heterocycles. The molecule has 1 N–H and O–H groups in total. The van der Waals surface area contributed by atoms with Gasteiger partial charge in [0.1, 0.15) is 0 Å². The van der Waals surface area contributed by atoms with Gasteiger partial charge in [0.2, 0.25) is 0 Å². The van der Waals surface area contributed by atoms with E-state index < -0.39 is 0 Å². The summed E-state index contributed by atoms with van der Waals surface area (Å²) in [6.07, 6.45) is 60.3. The fourth-order valence-electron chi connectivity index (χ4n) is 11.9. The van der Waals surface area contributed by atoms with Crippen molar-refractivity contribution in [2.45, 2.75) is 115 Å². The SMILES string of the molecule is C1=CCCC(C2=CC(Nc3ccc(C4=CC=CC5C6=C(CCCC6)N(C6=CC(c7ccccc7)=CC(C7=CCCC=C7)C6)C45)cc3C3=CCCC=C3)CC(C3=CCCCC3)=C2)=C1. The van der Waals surface area contributed by atoms with Crippen LogP contribution in [0, 0.1) is 11.8 Å². The quantitative estimate of drug-likeness (QED) is 0.271. The van der Waals surface area contributed by atoms with Crippen LogP contribution in [0.15, 0.2) is 197 Å². The number of nitrogens with zero attached hydrogens (tertiary/aromatic N) is 1. The molecule has 2 nitrogen and oxygen atoms in total. The lowest BCUT2D eigenvalue weighted by Gasteiger charge is -2.39. The number of hydrogen-bond donors (Lipinski definition) is 1. The Kier molecular flexibility index (Phi) is 11.2. The summed E-state index contributed by atoms with van der Waals surface area (Å²) in [4.78, 5) is 2.87. The molecule has 0 bridgehead atoms. The first-order valence-electron chi connectivity index (χ1n) is 24.2.